The Balaban J connectivity index is 2.99. The first-order valence-corrected chi connectivity index (χ1v) is 6.44. The Hall–Kier alpha value is -0.890. The normalized spacial score (nSPS) is 27.7. The molecule has 0 spiro atoms. The summed E-state index contributed by atoms with van der Waals surface area (Å²) in [5.74, 6) is 0.354. The number of rotatable bonds is 0. The number of carbonyl (C=O) groups is 1. The molecule has 0 aromatic carbocycles. The van der Waals surface area contributed by atoms with Crippen LogP contribution in [0.1, 0.15) is 53.4 Å². The maximum atomic E-state index is 12.0. The van der Waals surface area contributed by atoms with Gasteiger partial charge in [-0.3, -0.25) is 4.79 Å². The van der Waals surface area contributed by atoms with Crippen LogP contribution in [0.2, 0.25) is 0 Å². The highest BCUT2D eigenvalue weighted by atomic mass is 16.3. The molecule has 0 fully saturated rings. The predicted molar refractivity (Wildman–Crippen MR) is 70.8 cm³/mol. The van der Waals surface area contributed by atoms with Crippen LogP contribution in [0.15, 0.2) is 22.8 Å². The van der Waals surface area contributed by atoms with Gasteiger partial charge < -0.3 is 5.11 Å². The van der Waals surface area contributed by atoms with E-state index in [0.717, 1.165) is 24.0 Å². The molecule has 0 amide bonds. The minimum Gasteiger partial charge on any atom is -0.388 e. The van der Waals surface area contributed by atoms with Crippen LogP contribution >= 0.6 is 0 Å². The van der Waals surface area contributed by atoms with E-state index in [0.29, 0.717) is 12.8 Å². The molecule has 1 rings (SSSR count). The van der Waals surface area contributed by atoms with Crippen LogP contribution < -0.4 is 0 Å². The van der Waals surface area contributed by atoms with Crippen molar-refractivity contribution in [2.75, 3.05) is 0 Å². The van der Waals surface area contributed by atoms with Crippen LogP contribution in [0.4, 0.5) is 0 Å². The molecule has 0 heterocycles. The summed E-state index contributed by atoms with van der Waals surface area (Å²) in [4.78, 5) is 12.0. The van der Waals surface area contributed by atoms with Crippen LogP contribution in [0.5, 0.6) is 0 Å². The van der Waals surface area contributed by atoms with Gasteiger partial charge in [-0.15, -0.1) is 0 Å². The molecular weight excluding hydrogens is 212 g/mol. The number of ketones is 1. The SMILES string of the molecule is CC1=CCCC(C)C(=O)CC(=C(C)C)C(O)C1. The molecule has 0 aliphatic heterocycles. The van der Waals surface area contributed by atoms with Crippen LogP contribution in [0.3, 0.4) is 0 Å². The molecule has 17 heavy (non-hydrogen) atoms. The molecule has 0 bridgehead atoms. The van der Waals surface area contributed by atoms with Gasteiger partial charge in [0.1, 0.15) is 5.78 Å². The monoisotopic (exact) mass is 236 g/mol. The van der Waals surface area contributed by atoms with Crippen molar-refractivity contribution in [2.24, 2.45) is 5.92 Å². The van der Waals surface area contributed by atoms with Crippen molar-refractivity contribution >= 4 is 5.78 Å². The minimum absolute atomic E-state index is 0.0960. The summed E-state index contributed by atoms with van der Waals surface area (Å²) >= 11 is 0. The van der Waals surface area contributed by atoms with Gasteiger partial charge in [0.05, 0.1) is 6.10 Å². The Labute approximate surface area is 104 Å². The Morgan fingerprint density at radius 3 is 2.65 bits per heavy atom. The summed E-state index contributed by atoms with van der Waals surface area (Å²) < 4.78 is 0. The van der Waals surface area contributed by atoms with E-state index in [1.165, 1.54) is 5.57 Å². The fourth-order valence-electron chi connectivity index (χ4n) is 2.24. The number of Topliss-reactive ketones (excluding diaryl/α,β-unsaturated/α-hetero) is 1. The second kappa shape index (κ2) is 6.15. The molecule has 0 aromatic rings. The molecule has 2 nitrogen and oxygen atoms in total. The third-order valence-corrected chi connectivity index (χ3v) is 3.57. The molecule has 2 unspecified atom stereocenters. The van der Waals surface area contributed by atoms with Crippen molar-refractivity contribution < 1.29 is 9.90 Å². The van der Waals surface area contributed by atoms with Crippen molar-refractivity contribution in [1.82, 2.24) is 0 Å². The summed E-state index contributed by atoms with van der Waals surface area (Å²) in [6.45, 7) is 7.99. The number of hydrogen-bond donors (Lipinski definition) is 1. The summed E-state index contributed by atoms with van der Waals surface area (Å²) in [5.41, 5.74) is 3.21. The second-order valence-electron chi connectivity index (χ2n) is 5.42. The van der Waals surface area contributed by atoms with Crippen molar-refractivity contribution in [3.63, 3.8) is 0 Å². The predicted octanol–water partition coefficient (Wildman–Crippen LogP) is 3.41. The molecule has 2 atom stereocenters. The molecule has 0 saturated carbocycles. The molecule has 2 heteroatoms. The first-order valence-electron chi connectivity index (χ1n) is 6.44. The van der Waals surface area contributed by atoms with Crippen molar-refractivity contribution in [1.29, 1.82) is 0 Å². The van der Waals surface area contributed by atoms with Gasteiger partial charge in [0.25, 0.3) is 0 Å². The number of allylic oxidation sites excluding steroid dienone is 2. The summed E-state index contributed by atoms with van der Waals surface area (Å²) in [6.07, 6.45) is 4.59. The van der Waals surface area contributed by atoms with Crippen molar-refractivity contribution in [3.05, 3.63) is 22.8 Å². The average Bonchev–Trinajstić information content (AvgIpc) is 2.23. The maximum Gasteiger partial charge on any atom is 0.139 e. The largest absolute Gasteiger partial charge is 0.388 e. The first kappa shape index (κ1) is 14.2. The Morgan fingerprint density at radius 1 is 1.41 bits per heavy atom. The second-order valence-corrected chi connectivity index (χ2v) is 5.42. The van der Waals surface area contributed by atoms with Crippen LogP contribution in [0, 0.1) is 5.92 Å². The molecular formula is C15H24O2. The molecule has 0 aromatic heterocycles. The molecule has 0 radical (unpaired) electrons. The van der Waals surface area contributed by atoms with Crippen LogP contribution in [-0.4, -0.2) is 17.0 Å². The van der Waals surface area contributed by atoms with Gasteiger partial charge in [-0.25, -0.2) is 0 Å². The topological polar surface area (TPSA) is 37.3 Å². The van der Waals surface area contributed by atoms with E-state index in [-0.39, 0.29) is 11.7 Å². The van der Waals surface area contributed by atoms with E-state index >= 15 is 0 Å². The maximum absolute atomic E-state index is 12.0. The first-order chi connectivity index (χ1) is 7.91. The van der Waals surface area contributed by atoms with E-state index in [4.69, 9.17) is 0 Å². The van der Waals surface area contributed by atoms with Crippen LogP contribution in [-0.2, 0) is 4.79 Å². The highest BCUT2D eigenvalue weighted by molar-refractivity contribution is 5.83. The van der Waals surface area contributed by atoms with Crippen LogP contribution in [0.25, 0.3) is 0 Å². The molecule has 1 aliphatic rings. The van der Waals surface area contributed by atoms with Gasteiger partial charge in [-0.2, -0.15) is 0 Å². The van der Waals surface area contributed by atoms with Crippen molar-refractivity contribution in [3.8, 4) is 0 Å². The Morgan fingerprint density at radius 2 is 2.06 bits per heavy atom. The van der Waals surface area contributed by atoms with Gasteiger partial charge >= 0.3 is 0 Å². The fourth-order valence-corrected chi connectivity index (χ4v) is 2.24. The lowest BCUT2D eigenvalue weighted by molar-refractivity contribution is -0.122. The highest BCUT2D eigenvalue weighted by Gasteiger charge is 2.21. The van der Waals surface area contributed by atoms with Gasteiger partial charge in [0, 0.05) is 12.3 Å². The minimum atomic E-state index is -0.495. The molecule has 0 saturated heterocycles. The number of aliphatic hydroxyl groups is 1. The Bertz CT molecular complexity index is 346. The number of hydrogen-bond acceptors (Lipinski definition) is 2. The fraction of sp³-hybridized carbons (Fsp3) is 0.667. The lowest BCUT2D eigenvalue weighted by Gasteiger charge is -2.20. The number of aliphatic hydroxyl groups excluding tert-OH is 1. The van der Waals surface area contributed by atoms with E-state index in [1.807, 2.05) is 20.8 Å². The highest BCUT2D eigenvalue weighted by Crippen LogP contribution is 2.24. The lowest BCUT2D eigenvalue weighted by atomic mass is 9.87. The molecule has 1 aliphatic carbocycles. The Kier molecular flexibility index (Phi) is 5.13. The van der Waals surface area contributed by atoms with E-state index < -0.39 is 6.10 Å². The quantitative estimate of drug-likeness (QED) is 0.654. The third kappa shape index (κ3) is 4.12. The standard InChI is InChI=1S/C15H24O2/c1-10(2)13-9-14(16)12(4)7-5-6-11(3)8-15(13)17/h6,12,15,17H,5,7-9H2,1-4H3. The van der Waals surface area contributed by atoms with Gasteiger partial charge in [-0.1, -0.05) is 24.1 Å². The van der Waals surface area contributed by atoms with E-state index in [1.54, 1.807) is 0 Å². The summed E-state index contributed by atoms with van der Waals surface area (Å²) in [6, 6.07) is 0. The number of carbonyl (C=O) groups excluding carboxylic acids is 1. The lowest BCUT2D eigenvalue weighted by Crippen LogP contribution is -2.20. The van der Waals surface area contributed by atoms with Gasteiger partial charge in [-0.05, 0) is 45.6 Å². The molecule has 1 N–H and O–H groups in total. The third-order valence-electron chi connectivity index (χ3n) is 3.57. The summed E-state index contributed by atoms with van der Waals surface area (Å²) in [5, 5.41) is 10.2. The van der Waals surface area contributed by atoms with E-state index in [2.05, 4.69) is 13.0 Å². The van der Waals surface area contributed by atoms with E-state index in [9.17, 15) is 9.90 Å². The van der Waals surface area contributed by atoms with Gasteiger partial charge in [0.15, 0.2) is 0 Å². The zero-order valence-electron chi connectivity index (χ0n) is 11.4. The average molecular weight is 236 g/mol. The summed E-state index contributed by atoms with van der Waals surface area (Å²) in [7, 11) is 0. The van der Waals surface area contributed by atoms with Gasteiger partial charge in [0.2, 0.25) is 0 Å². The smallest absolute Gasteiger partial charge is 0.139 e. The van der Waals surface area contributed by atoms with Crippen molar-refractivity contribution in [2.45, 2.75) is 59.5 Å². The zero-order chi connectivity index (χ0) is 13.0. The zero-order valence-corrected chi connectivity index (χ0v) is 11.4. The molecule has 96 valence electrons.